The van der Waals surface area contributed by atoms with Gasteiger partial charge in [-0.2, -0.15) is 4.31 Å². The molecule has 1 aromatic rings. The summed E-state index contributed by atoms with van der Waals surface area (Å²) in [6.07, 6.45) is 1.67. The molecule has 0 fully saturated rings. The van der Waals surface area contributed by atoms with Gasteiger partial charge in [0.2, 0.25) is 15.9 Å². The number of anilines is 1. The first kappa shape index (κ1) is 19.8. The van der Waals surface area contributed by atoms with Crippen molar-refractivity contribution >= 4 is 33.2 Å². The molecule has 0 aliphatic rings. The SMILES string of the molecule is CN(C)CCCN(CC(=O)Nc1ccc(F)c(Cl)c1)S(C)(=O)=O. The van der Waals surface area contributed by atoms with Crippen molar-refractivity contribution in [3.05, 3.63) is 29.0 Å². The molecule has 0 aromatic heterocycles. The van der Waals surface area contributed by atoms with E-state index in [9.17, 15) is 17.6 Å². The minimum Gasteiger partial charge on any atom is -0.325 e. The Labute approximate surface area is 141 Å². The molecule has 0 unspecified atom stereocenters. The fraction of sp³-hybridized carbons (Fsp3) is 0.500. The van der Waals surface area contributed by atoms with Crippen LogP contribution < -0.4 is 5.32 Å². The van der Waals surface area contributed by atoms with Crippen LogP contribution in [0.2, 0.25) is 5.02 Å². The Balaban J connectivity index is 2.67. The molecule has 0 bridgehead atoms. The molecule has 1 aromatic carbocycles. The summed E-state index contributed by atoms with van der Waals surface area (Å²) in [7, 11) is 0.272. The van der Waals surface area contributed by atoms with Crippen molar-refractivity contribution < 1.29 is 17.6 Å². The molecular formula is C14H21ClFN3O3S. The Morgan fingerprint density at radius 2 is 1.96 bits per heavy atom. The highest BCUT2D eigenvalue weighted by atomic mass is 35.5. The zero-order valence-electron chi connectivity index (χ0n) is 13.3. The molecule has 1 rings (SSSR count). The average Bonchev–Trinajstić information content (AvgIpc) is 2.40. The quantitative estimate of drug-likeness (QED) is 0.760. The Morgan fingerprint density at radius 3 is 2.48 bits per heavy atom. The summed E-state index contributed by atoms with van der Waals surface area (Å²) in [5, 5.41) is 2.39. The van der Waals surface area contributed by atoms with Gasteiger partial charge in [-0.3, -0.25) is 4.79 Å². The highest BCUT2D eigenvalue weighted by Crippen LogP contribution is 2.19. The van der Waals surface area contributed by atoms with E-state index in [0.717, 1.165) is 16.6 Å². The monoisotopic (exact) mass is 365 g/mol. The van der Waals surface area contributed by atoms with Crippen LogP contribution >= 0.6 is 11.6 Å². The van der Waals surface area contributed by atoms with Crippen molar-refractivity contribution in [1.82, 2.24) is 9.21 Å². The molecule has 0 heterocycles. The van der Waals surface area contributed by atoms with Gasteiger partial charge in [0.1, 0.15) is 5.82 Å². The van der Waals surface area contributed by atoms with Crippen molar-refractivity contribution in [1.29, 1.82) is 0 Å². The van der Waals surface area contributed by atoms with Crippen LogP contribution in [0, 0.1) is 5.82 Å². The summed E-state index contributed by atoms with van der Waals surface area (Å²) < 4.78 is 37.7. The number of rotatable bonds is 8. The molecule has 1 N–H and O–H groups in total. The zero-order chi connectivity index (χ0) is 17.6. The van der Waals surface area contributed by atoms with Gasteiger partial charge in [0, 0.05) is 12.2 Å². The number of hydrogen-bond acceptors (Lipinski definition) is 4. The molecular weight excluding hydrogens is 345 g/mol. The maximum Gasteiger partial charge on any atom is 0.239 e. The first-order valence-corrected chi connectivity index (χ1v) is 9.17. The summed E-state index contributed by atoms with van der Waals surface area (Å²) in [5.74, 6) is -1.10. The van der Waals surface area contributed by atoms with E-state index >= 15 is 0 Å². The molecule has 0 saturated heterocycles. The van der Waals surface area contributed by atoms with Gasteiger partial charge < -0.3 is 10.2 Å². The highest BCUT2D eigenvalue weighted by Gasteiger charge is 2.20. The number of benzene rings is 1. The second kappa shape index (κ2) is 8.58. The standard InChI is InChI=1S/C14H21ClFN3O3S/c1-18(2)7-4-8-19(23(3,21)22)10-14(20)17-11-5-6-13(16)12(15)9-11/h5-6,9H,4,7-8,10H2,1-3H3,(H,17,20). The molecule has 6 nitrogen and oxygen atoms in total. The molecule has 23 heavy (non-hydrogen) atoms. The maximum absolute atomic E-state index is 13.1. The smallest absolute Gasteiger partial charge is 0.239 e. The number of amides is 1. The Kier molecular flexibility index (Phi) is 7.40. The minimum atomic E-state index is -3.50. The Hall–Kier alpha value is -1.22. The van der Waals surface area contributed by atoms with Crippen molar-refractivity contribution in [3.63, 3.8) is 0 Å². The van der Waals surface area contributed by atoms with Crippen LogP contribution in [0.5, 0.6) is 0 Å². The van der Waals surface area contributed by atoms with Crippen LogP contribution in [0.3, 0.4) is 0 Å². The number of sulfonamides is 1. The van der Waals surface area contributed by atoms with Crippen LogP contribution in [0.15, 0.2) is 18.2 Å². The fourth-order valence-corrected chi connectivity index (χ4v) is 2.85. The van der Waals surface area contributed by atoms with Crippen LogP contribution in [0.25, 0.3) is 0 Å². The normalized spacial score (nSPS) is 12.0. The fourth-order valence-electron chi connectivity index (χ4n) is 1.86. The van der Waals surface area contributed by atoms with Crippen LogP contribution in [0.1, 0.15) is 6.42 Å². The Bertz CT molecular complexity index is 653. The number of halogens is 2. The first-order valence-electron chi connectivity index (χ1n) is 6.94. The van der Waals surface area contributed by atoms with E-state index in [2.05, 4.69) is 5.32 Å². The third-order valence-corrected chi connectivity index (χ3v) is 4.54. The third kappa shape index (κ3) is 7.26. The predicted molar refractivity (Wildman–Crippen MR) is 89.6 cm³/mol. The second-order valence-electron chi connectivity index (χ2n) is 5.43. The van der Waals surface area contributed by atoms with Gasteiger partial charge in [-0.05, 0) is 45.3 Å². The maximum atomic E-state index is 13.1. The average molecular weight is 366 g/mol. The van der Waals surface area contributed by atoms with Crippen molar-refractivity contribution in [2.24, 2.45) is 0 Å². The third-order valence-electron chi connectivity index (χ3n) is 3.01. The van der Waals surface area contributed by atoms with Crippen molar-refractivity contribution in [2.75, 3.05) is 45.3 Å². The summed E-state index contributed by atoms with van der Waals surface area (Å²) in [4.78, 5) is 13.9. The molecule has 0 aliphatic heterocycles. The number of carbonyl (C=O) groups excluding carboxylic acids is 1. The number of carbonyl (C=O) groups is 1. The molecule has 0 spiro atoms. The van der Waals surface area contributed by atoms with Gasteiger partial charge in [0.25, 0.3) is 0 Å². The van der Waals surface area contributed by atoms with Crippen LogP contribution in [0.4, 0.5) is 10.1 Å². The van der Waals surface area contributed by atoms with Gasteiger partial charge in [-0.1, -0.05) is 11.6 Å². The predicted octanol–water partition coefficient (Wildman–Crippen LogP) is 1.63. The van der Waals surface area contributed by atoms with Gasteiger partial charge in [-0.15, -0.1) is 0 Å². The largest absolute Gasteiger partial charge is 0.325 e. The molecule has 130 valence electrons. The molecule has 1 amide bonds. The van der Waals surface area contributed by atoms with Crippen LogP contribution in [-0.2, 0) is 14.8 Å². The number of nitrogens with zero attached hydrogens (tertiary/aromatic N) is 2. The molecule has 0 aliphatic carbocycles. The summed E-state index contributed by atoms with van der Waals surface area (Å²) >= 11 is 5.64. The van der Waals surface area contributed by atoms with Gasteiger partial charge >= 0.3 is 0 Å². The van der Waals surface area contributed by atoms with E-state index in [-0.39, 0.29) is 18.1 Å². The van der Waals surface area contributed by atoms with E-state index < -0.39 is 21.7 Å². The van der Waals surface area contributed by atoms with Crippen molar-refractivity contribution in [2.45, 2.75) is 6.42 Å². The van der Waals surface area contributed by atoms with Gasteiger partial charge in [-0.25, -0.2) is 12.8 Å². The molecule has 0 saturated carbocycles. The minimum absolute atomic E-state index is 0.117. The summed E-state index contributed by atoms with van der Waals surface area (Å²) in [6, 6.07) is 3.75. The lowest BCUT2D eigenvalue weighted by Gasteiger charge is -2.20. The van der Waals surface area contributed by atoms with E-state index in [1.54, 1.807) is 0 Å². The second-order valence-corrected chi connectivity index (χ2v) is 7.82. The lowest BCUT2D eigenvalue weighted by molar-refractivity contribution is -0.116. The number of nitrogens with one attached hydrogen (secondary N) is 1. The molecule has 0 radical (unpaired) electrons. The Morgan fingerprint density at radius 1 is 1.30 bits per heavy atom. The van der Waals surface area contributed by atoms with E-state index in [1.807, 2.05) is 19.0 Å². The van der Waals surface area contributed by atoms with E-state index in [0.29, 0.717) is 18.7 Å². The highest BCUT2D eigenvalue weighted by molar-refractivity contribution is 7.88. The lowest BCUT2D eigenvalue weighted by atomic mass is 10.3. The summed E-state index contributed by atoms with van der Waals surface area (Å²) in [5.41, 5.74) is 0.308. The number of hydrogen-bond donors (Lipinski definition) is 1. The van der Waals surface area contributed by atoms with E-state index in [1.165, 1.54) is 12.1 Å². The van der Waals surface area contributed by atoms with Gasteiger partial charge in [0.05, 0.1) is 17.8 Å². The zero-order valence-corrected chi connectivity index (χ0v) is 14.9. The van der Waals surface area contributed by atoms with E-state index in [4.69, 9.17) is 11.6 Å². The van der Waals surface area contributed by atoms with Crippen LogP contribution in [-0.4, -0.2) is 63.5 Å². The topological polar surface area (TPSA) is 69.7 Å². The molecule has 0 atom stereocenters. The van der Waals surface area contributed by atoms with Gasteiger partial charge in [0.15, 0.2) is 0 Å². The molecule has 9 heteroatoms. The first-order chi connectivity index (χ1) is 10.6. The lowest BCUT2D eigenvalue weighted by Crippen LogP contribution is -2.38. The summed E-state index contributed by atoms with van der Waals surface area (Å²) in [6.45, 7) is 0.650. The van der Waals surface area contributed by atoms with Crippen molar-refractivity contribution in [3.8, 4) is 0 Å².